The first kappa shape index (κ1) is 11.4. The molecule has 1 N–H and O–H groups in total. The predicted molar refractivity (Wildman–Crippen MR) is 67.8 cm³/mol. The second-order valence-electron chi connectivity index (χ2n) is 4.05. The van der Waals surface area contributed by atoms with Gasteiger partial charge in [-0.1, -0.05) is 0 Å². The second kappa shape index (κ2) is 4.85. The van der Waals surface area contributed by atoms with E-state index in [4.69, 9.17) is 4.42 Å². The van der Waals surface area contributed by atoms with Gasteiger partial charge in [0.15, 0.2) is 0 Å². The van der Waals surface area contributed by atoms with Crippen molar-refractivity contribution in [2.45, 2.75) is 33.9 Å². The molecule has 2 rings (SSSR count). The average molecular weight is 235 g/mol. The van der Waals surface area contributed by atoms with Crippen LogP contribution in [-0.2, 0) is 13.1 Å². The minimum atomic E-state index is 0.875. The molecule has 2 heterocycles. The van der Waals surface area contributed by atoms with E-state index < -0.39 is 0 Å². The van der Waals surface area contributed by atoms with Gasteiger partial charge in [0.1, 0.15) is 11.5 Å². The molecule has 3 heteroatoms. The van der Waals surface area contributed by atoms with Crippen LogP contribution >= 0.6 is 11.3 Å². The van der Waals surface area contributed by atoms with Crippen LogP contribution in [0.25, 0.3) is 0 Å². The molecule has 0 aliphatic carbocycles. The molecule has 0 atom stereocenters. The summed E-state index contributed by atoms with van der Waals surface area (Å²) >= 11 is 1.85. The molecule has 0 unspecified atom stereocenters. The first-order valence-electron chi connectivity index (χ1n) is 5.47. The van der Waals surface area contributed by atoms with Crippen LogP contribution in [0.3, 0.4) is 0 Å². The Hall–Kier alpha value is -1.06. The summed E-state index contributed by atoms with van der Waals surface area (Å²) in [5, 5.41) is 3.44. The van der Waals surface area contributed by atoms with Crippen molar-refractivity contribution in [3.63, 3.8) is 0 Å². The molecular weight excluding hydrogens is 218 g/mol. The van der Waals surface area contributed by atoms with E-state index >= 15 is 0 Å². The Balaban J connectivity index is 1.86. The highest BCUT2D eigenvalue weighted by molar-refractivity contribution is 7.11. The summed E-state index contributed by atoms with van der Waals surface area (Å²) in [5.74, 6) is 2.01. The quantitative estimate of drug-likeness (QED) is 0.876. The summed E-state index contributed by atoms with van der Waals surface area (Å²) in [6, 6.07) is 6.44. The molecule has 2 aromatic rings. The van der Waals surface area contributed by atoms with Gasteiger partial charge in [-0.05, 0) is 39.0 Å². The molecule has 86 valence electrons. The van der Waals surface area contributed by atoms with Gasteiger partial charge in [0, 0.05) is 28.4 Å². The SMILES string of the molecule is Cc1cc(CNCc2ccc(C)s2)c(C)o1. The zero-order valence-electron chi connectivity index (χ0n) is 9.96. The van der Waals surface area contributed by atoms with Gasteiger partial charge in [0.05, 0.1) is 0 Å². The molecule has 16 heavy (non-hydrogen) atoms. The second-order valence-corrected chi connectivity index (χ2v) is 5.43. The maximum Gasteiger partial charge on any atom is 0.105 e. The summed E-state index contributed by atoms with van der Waals surface area (Å²) in [6.45, 7) is 7.94. The van der Waals surface area contributed by atoms with Gasteiger partial charge in [-0.15, -0.1) is 11.3 Å². The monoisotopic (exact) mass is 235 g/mol. The van der Waals surface area contributed by atoms with Crippen molar-refractivity contribution >= 4 is 11.3 Å². The molecule has 0 spiro atoms. The predicted octanol–water partition coefficient (Wildman–Crippen LogP) is 3.56. The zero-order chi connectivity index (χ0) is 11.5. The molecule has 0 aliphatic rings. The van der Waals surface area contributed by atoms with Crippen LogP contribution in [0.1, 0.15) is 26.8 Å². The molecule has 0 saturated heterocycles. The number of rotatable bonds is 4. The Morgan fingerprint density at radius 3 is 2.56 bits per heavy atom. The van der Waals surface area contributed by atoms with Crippen molar-refractivity contribution in [3.05, 3.63) is 45.0 Å². The largest absolute Gasteiger partial charge is 0.466 e. The maximum atomic E-state index is 5.48. The Bertz CT molecular complexity index is 470. The molecule has 0 radical (unpaired) electrons. The zero-order valence-corrected chi connectivity index (χ0v) is 10.8. The fourth-order valence-corrected chi connectivity index (χ4v) is 2.62. The standard InChI is InChI=1S/C13H17NOS/c1-9-6-12(11(3)15-9)7-14-8-13-5-4-10(2)16-13/h4-6,14H,7-8H2,1-3H3. The number of furan rings is 1. The van der Waals surface area contributed by atoms with Crippen molar-refractivity contribution in [2.24, 2.45) is 0 Å². The van der Waals surface area contributed by atoms with Gasteiger partial charge in [-0.25, -0.2) is 0 Å². The highest BCUT2D eigenvalue weighted by Gasteiger charge is 2.04. The molecule has 2 nitrogen and oxygen atoms in total. The lowest BCUT2D eigenvalue weighted by atomic mass is 10.2. The van der Waals surface area contributed by atoms with E-state index in [1.807, 2.05) is 25.2 Å². The van der Waals surface area contributed by atoms with E-state index in [9.17, 15) is 0 Å². The topological polar surface area (TPSA) is 25.2 Å². The molecule has 0 amide bonds. The van der Waals surface area contributed by atoms with Crippen molar-refractivity contribution < 1.29 is 4.42 Å². The lowest BCUT2D eigenvalue weighted by Crippen LogP contribution is -2.11. The smallest absolute Gasteiger partial charge is 0.105 e. The normalized spacial score (nSPS) is 10.9. The Kier molecular flexibility index (Phi) is 3.46. The van der Waals surface area contributed by atoms with E-state index in [1.54, 1.807) is 0 Å². The van der Waals surface area contributed by atoms with Crippen LogP contribution < -0.4 is 5.32 Å². The van der Waals surface area contributed by atoms with Crippen LogP contribution in [-0.4, -0.2) is 0 Å². The summed E-state index contributed by atoms with van der Waals surface area (Å²) < 4.78 is 5.48. The molecule has 2 aromatic heterocycles. The fourth-order valence-electron chi connectivity index (χ4n) is 1.76. The van der Waals surface area contributed by atoms with Gasteiger partial charge in [-0.2, -0.15) is 0 Å². The number of hydrogen-bond acceptors (Lipinski definition) is 3. The summed E-state index contributed by atoms with van der Waals surface area (Å²) in [5.41, 5.74) is 1.26. The highest BCUT2D eigenvalue weighted by Crippen LogP contribution is 2.16. The maximum absolute atomic E-state index is 5.48. The summed E-state index contributed by atoms with van der Waals surface area (Å²) in [7, 11) is 0. The van der Waals surface area contributed by atoms with E-state index in [0.29, 0.717) is 0 Å². The third-order valence-electron chi connectivity index (χ3n) is 2.55. The van der Waals surface area contributed by atoms with Crippen molar-refractivity contribution in [1.82, 2.24) is 5.32 Å². The lowest BCUT2D eigenvalue weighted by Gasteiger charge is -2.01. The first-order valence-corrected chi connectivity index (χ1v) is 6.29. The molecule has 0 aliphatic heterocycles. The highest BCUT2D eigenvalue weighted by atomic mass is 32.1. The Labute approximate surface area is 100 Å². The van der Waals surface area contributed by atoms with Crippen LogP contribution in [0.4, 0.5) is 0 Å². The van der Waals surface area contributed by atoms with Crippen molar-refractivity contribution in [3.8, 4) is 0 Å². The minimum absolute atomic E-state index is 0.875. The summed E-state index contributed by atoms with van der Waals surface area (Å²) in [4.78, 5) is 2.75. The van der Waals surface area contributed by atoms with Crippen LogP contribution in [0, 0.1) is 20.8 Å². The van der Waals surface area contributed by atoms with Gasteiger partial charge in [-0.3, -0.25) is 0 Å². The van der Waals surface area contributed by atoms with E-state index in [0.717, 1.165) is 24.6 Å². The first-order chi connectivity index (χ1) is 7.65. The number of nitrogens with one attached hydrogen (secondary N) is 1. The number of aryl methyl sites for hydroxylation is 3. The molecule has 0 fully saturated rings. The van der Waals surface area contributed by atoms with Gasteiger partial charge < -0.3 is 9.73 Å². The fraction of sp³-hybridized carbons (Fsp3) is 0.385. The van der Waals surface area contributed by atoms with Gasteiger partial charge in [0.2, 0.25) is 0 Å². The van der Waals surface area contributed by atoms with Crippen LogP contribution in [0.2, 0.25) is 0 Å². The van der Waals surface area contributed by atoms with Crippen LogP contribution in [0.5, 0.6) is 0 Å². The van der Waals surface area contributed by atoms with Gasteiger partial charge >= 0.3 is 0 Å². The minimum Gasteiger partial charge on any atom is -0.466 e. The number of hydrogen-bond donors (Lipinski definition) is 1. The Morgan fingerprint density at radius 2 is 2.00 bits per heavy atom. The van der Waals surface area contributed by atoms with Crippen molar-refractivity contribution in [1.29, 1.82) is 0 Å². The molecule has 0 bridgehead atoms. The molecule has 0 saturated carbocycles. The van der Waals surface area contributed by atoms with E-state index in [1.165, 1.54) is 15.3 Å². The van der Waals surface area contributed by atoms with Gasteiger partial charge in [0.25, 0.3) is 0 Å². The molecule has 0 aromatic carbocycles. The third-order valence-corrected chi connectivity index (χ3v) is 3.56. The Morgan fingerprint density at radius 1 is 1.19 bits per heavy atom. The third kappa shape index (κ3) is 2.74. The number of thiophene rings is 1. The van der Waals surface area contributed by atoms with E-state index in [2.05, 4.69) is 30.4 Å². The molecular formula is C13H17NOS. The average Bonchev–Trinajstić information content (AvgIpc) is 2.74. The van der Waals surface area contributed by atoms with Crippen molar-refractivity contribution in [2.75, 3.05) is 0 Å². The lowest BCUT2D eigenvalue weighted by molar-refractivity contribution is 0.499. The van der Waals surface area contributed by atoms with E-state index in [-0.39, 0.29) is 0 Å². The summed E-state index contributed by atoms with van der Waals surface area (Å²) in [6.07, 6.45) is 0. The van der Waals surface area contributed by atoms with Crippen LogP contribution in [0.15, 0.2) is 22.6 Å².